The molecule has 0 amide bonds. The first-order valence-electron chi connectivity index (χ1n) is 7.84. The maximum absolute atomic E-state index is 4.76. The summed E-state index contributed by atoms with van der Waals surface area (Å²) >= 11 is 0. The maximum atomic E-state index is 4.76. The van der Waals surface area contributed by atoms with Crippen LogP contribution in [0, 0.1) is 5.92 Å². The highest BCUT2D eigenvalue weighted by molar-refractivity contribution is 5.53. The van der Waals surface area contributed by atoms with Gasteiger partial charge >= 0.3 is 0 Å². The minimum atomic E-state index is 0.735. The molecule has 3 rings (SSSR count). The average molecular weight is 282 g/mol. The second kappa shape index (κ2) is 6.20. The summed E-state index contributed by atoms with van der Waals surface area (Å²) in [4.78, 5) is 16.1. The van der Waals surface area contributed by atoms with E-state index in [4.69, 9.17) is 4.98 Å². The third kappa shape index (κ3) is 3.38. The van der Waals surface area contributed by atoms with E-state index < -0.39 is 0 Å². The Morgan fingerprint density at radius 2 is 2.05 bits per heavy atom. The minimum absolute atomic E-state index is 0.735. The van der Waals surface area contributed by atoms with Crippen molar-refractivity contribution in [2.24, 2.45) is 5.92 Å². The van der Waals surface area contributed by atoms with Gasteiger partial charge in [0.15, 0.2) is 5.82 Å². The Morgan fingerprint density at radius 3 is 2.67 bits per heavy atom. The smallest absolute Gasteiger partial charge is 0.180 e. The Morgan fingerprint density at radius 1 is 1.19 bits per heavy atom. The molecular formula is C17H22N4. The number of anilines is 1. The third-order valence-electron chi connectivity index (χ3n) is 3.90. The fourth-order valence-corrected chi connectivity index (χ4v) is 2.43. The number of aryl methyl sites for hydroxylation is 1. The van der Waals surface area contributed by atoms with Gasteiger partial charge in [0.25, 0.3) is 0 Å². The van der Waals surface area contributed by atoms with Crippen LogP contribution in [0.5, 0.6) is 0 Å². The third-order valence-corrected chi connectivity index (χ3v) is 3.90. The van der Waals surface area contributed by atoms with Gasteiger partial charge in [0, 0.05) is 31.0 Å². The quantitative estimate of drug-likeness (QED) is 0.815. The van der Waals surface area contributed by atoms with Crippen molar-refractivity contribution in [2.45, 2.75) is 33.1 Å². The maximum Gasteiger partial charge on any atom is 0.180 e. The number of pyridine rings is 1. The zero-order valence-corrected chi connectivity index (χ0v) is 12.8. The first-order valence-corrected chi connectivity index (χ1v) is 7.84. The van der Waals surface area contributed by atoms with Crippen molar-refractivity contribution in [1.82, 2.24) is 15.0 Å². The predicted molar refractivity (Wildman–Crippen MR) is 85.3 cm³/mol. The molecule has 0 atom stereocenters. The van der Waals surface area contributed by atoms with Crippen molar-refractivity contribution in [3.8, 4) is 11.5 Å². The minimum Gasteiger partial charge on any atom is -0.356 e. The van der Waals surface area contributed by atoms with Gasteiger partial charge in [0.05, 0.1) is 0 Å². The molecule has 0 unspecified atom stereocenters. The molecule has 4 heteroatoms. The zero-order chi connectivity index (χ0) is 14.7. The Labute approximate surface area is 126 Å². The molecule has 0 bridgehead atoms. The summed E-state index contributed by atoms with van der Waals surface area (Å²) in [5.74, 6) is 2.62. The number of hydrogen-bond acceptors (Lipinski definition) is 4. The largest absolute Gasteiger partial charge is 0.356 e. The first-order chi connectivity index (χ1) is 10.3. The average Bonchev–Trinajstić information content (AvgIpc) is 3.37. The summed E-state index contributed by atoms with van der Waals surface area (Å²) in [6, 6.07) is 7.99. The summed E-state index contributed by atoms with van der Waals surface area (Å²) in [7, 11) is 0. The monoisotopic (exact) mass is 282 g/mol. The van der Waals surface area contributed by atoms with Gasteiger partial charge in [-0.1, -0.05) is 13.0 Å². The molecule has 2 heterocycles. The van der Waals surface area contributed by atoms with Crippen molar-refractivity contribution in [1.29, 1.82) is 0 Å². The van der Waals surface area contributed by atoms with Gasteiger partial charge in [-0.25, -0.2) is 9.97 Å². The van der Waals surface area contributed by atoms with Crippen LogP contribution in [0.15, 0.2) is 30.5 Å². The summed E-state index contributed by atoms with van der Waals surface area (Å²) in [5, 5.41) is 0. The zero-order valence-electron chi connectivity index (χ0n) is 12.8. The molecule has 4 nitrogen and oxygen atoms in total. The highest BCUT2D eigenvalue weighted by Crippen LogP contribution is 2.31. The molecular weight excluding hydrogens is 260 g/mol. The Hall–Kier alpha value is -1.97. The number of aromatic nitrogens is 3. The van der Waals surface area contributed by atoms with Crippen LogP contribution in [0.25, 0.3) is 11.5 Å². The van der Waals surface area contributed by atoms with E-state index >= 15 is 0 Å². The van der Waals surface area contributed by atoms with Gasteiger partial charge in [-0.3, -0.25) is 4.98 Å². The Balaban J connectivity index is 1.95. The predicted octanol–water partition coefficient (Wildman–Crippen LogP) is 3.34. The van der Waals surface area contributed by atoms with Crippen molar-refractivity contribution in [3.63, 3.8) is 0 Å². The lowest BCUT2D eigenvalue weighted by Crippen LogP contribution is -2.26. The second-order valence-electron chi connectivity index (χ2n) is 5.59. The molecule has 1 saturated carbocycles. The van der Waals surface area contributed by atoms with Gasteiger partial charge in [0.2, 0.25) is 0 Å². The highest BCUT2D eigenvalue weighted by Gasteiger charge is 2.24. The molecule has 1 aliphatic rings. The molecule has 0 spiro atoms. The SMILES string of the molecule is CCc1cc(N(CC)CC2CC2)nc(-c2ccccn2)n1. The summed E-state index contributed by atoms with van der Waals surface area (Å²) in [6.07, 6.45) is 5.42. The standard InChI is InChI=1S/C17H22N4/c1-3-14-11-16(21(4-2)12-13-8-9-13)20-17(19-14)15-7-5-6-10-18-15/h5-7,10-11,13H,3-4,8-9,12H2,1-2H3. The van der Waals surface area contributed by atoms with E-state index in [0.717, 1.165) is 48.5 Å². The van der Waals surface area contributed by atoms with E-state index in [2.05, 4.69) is 34.8 Å². The molecule has 0 radical (unpaired) electrons. The Kier molecular flexibility index (Phi) is 4.13. The molecule has 0 aromatic carbocycles. The summed E-state index contributed by atoms with van der Waals surface area (Å²) in [6.45, 7) is 6.42. The highest BCUT2D eigenvalue weighted by atomic mass is 15.2. The molecule has 0 aliphatic heterocycles. The lowest BCUT2D eigenvalue weighted by Gasteiger charge is -2.22. The lowest BCUT2D eigenvalue weighted by atomic mass is 10.2. The second-order valence-corrected chi connectivity index (χ2v) is 5.59. The Bertz CT molecular complexity index is 593. The van der Waals surface area contributed by atoms with Crippen LogP contribution < -0.4 is 4.90 Å². The molecule has 0 saturated heterocycles. The van der Waals surface area contributed by atoms with E-state index in [1.807, 2.05) is 18.2 Å². The lowest BCUT2D eigenvalue weighted by molar-refractivity contribution is 0.729. The molecule has 1 aliphatic carbocycles. The first kappa shape index (κ1) is 14.0. The number of hydrogen-bond donors (Lipinski definition) is 0. The van der Waals surface area contributed by atoms with Crippen LogP contribution in [-0.2, 0) is 6.42 Å². The van der Waals surface area contributed by atoms with Crippen LogP contribution in [0.2, 0.25) is 0 Å². The van der Waals surface area contributed by atoms with Gasteiger partial charge in [-0.2, -0.15) is 0 Å². The van der Waals surface area contributed by atoms with Crippen molar-refractivity contribution < 1.29 is 0 Å². The summed E-state index contributed by atoms with van der Waals surface area (Å²) in [5.41, 5.74) is 1.92. The van der Waals surface area contributed by atoms with Crippen LogP contribution in [0.3, 0.4) is 0 Å². The van der Waals surface area contributed by atoms with Gasteiger partial charge in [-0.05, 0) is 44.2 Å². The van der Waals surface area contributed by atoms with Gasteiger partial charge in [-0.15, -0.1) is 0 Å². The fourth-order valence-electron chi connectivity index (χ4n) is 2.43. The van der Waals surface area contributed by atoms with E-state index in [1.54, 1.807) is 6.20 Å². The number of nitrogens with zero attached hydrogens (tertiary/aromatic N) is 4. The van der Waals surface area contributed by atoms with Crippen molar-refractivity contribution >= 4 is 5.82 Å². The molecule has 21 heavy (non-hydrogen) atoms. The van der Waals surface area contributed by atoms with Crippen molar-refractivity contribution in [3.05, 3.63) is 36.2 Å². The molecule has 2 aromatic rings. The van der Waals surface area contributed by atoms with Crippen LogP contribution >= 0.6 is 0 Å². The van der Waals surface area contributed by atoms with Crippen LogP contribution in [-0.4, -0.2) is 28.0 Å². The van der Waals surface area contributed by atoms with E-state index in [0.29, 0.717) is 0 Å². The van der Waals surface area contributed by atoms with Gasteiger partial charge < -0.3 is 4.90 Å². The normalized spacial score (nSPS) is 14.2. The summed E-state index contributed by atoms with van der Waals surface area (Å²) < 4.78 is 0. The van der Waals surface area contributed by atoms with Gasteiger partial charge in [0.1, 0.15) is 11.5 Å². The van der Waals surface area contributed by atoms with Crippen LogP contribution in [0.1, 0.15) is 32.4 Å². The van der Waals surface area contributed by atoms with E-state index in [9.17, 15) is 0 Å². The molecule has 0 N–H and O–H groups in total. The fraction of sp³-hybridized carbons (Fsp3) is 0.471. The van der Waals surface area contributed by atoms with Crippen LogP contribution in [0.4, 0.5) is 5.82 Å². The number of rotatable bonds is 6. The molecule has 110 valence electrons. The van der Waals surface area contributed by atoms with E-state index in [-0.39, 0.29) is 0 Å². The molecule has 2 aromatic heterocycles. The molecule has 1 fully saturated rings. The van der Waals surface area contributed by atoms with Crippen molar-refractivity contribution in [2.75, 3.05) is 18.0 Å². The topological polar surface area (TPSA) is 41.9 Å². The van der Waals surface area contributed by atoms with E-state index in [1.165, 1.54) is 12.8 Å².